The summed E-state index contributed by atoms with van der Waals surface area (Å²) in [4.78, 5) is 13.3. The van der Waals surface area contributed by atoms with Crippen LogP contribution < -0.4 is 4.72 Å². The van der Waals surface area contributed by atoms with Crippen LogP contribution in [0, 0.1) is 12.8 Å². The van der Waals surface area contributed by atoms with Crippen molar-refractivity contribution >= 4 is 33.1 Å². The maximum atomic E-state index is 13.1. The number of benzene rings is 2. The lowest BCUT2D eigenvalue weighted by Crippen LogP contribution is -2.17. The van der Waals surface area contributed by atoms with Gasteiger partial charge >= 0.3 is 0 Å². The van der Waals surface area contributed by atoms with Gasteiger partial charge in [-0.25, -0.2) is 8.42 Å². The van der Waals surface area contributed by atoms with Gasteiger partial charge in [0.05, 0.1) is 16.3 Å². The molecule has 7 heteroatoms. The summed E-state index contributed by atoms with van der Waals surface area (Å²) in [5.74, 6) is 0.347. The molecule has 1 fully saturated rings. The number of nitrogens with one attached hydrogen (secondary N) is 1. The van der Waals surface area contributed by atoms with Crippen molar-refractivity contribution in [3.05, 3.63) is 70.9 Å². The van der Waals surface area contributed by atoms with E-state index in [1.807, 2.05) is 19.1 Å². The maximum Gasteiger partial charge on any atom is 0.261 e. The Kier molecular flexibility index (Phi) is 5.47. The van der Waals surface area contributed by atoms with E-state index < -0.39 is 10.0 Å². The Labute approximate surface area is 181 Å². The first kappa shape index (κ1) is 20.7. The predicted molar refractivity (Wildman–Crippen MR) is 120 cm³/mol. The van der Waals surface area contributed by atoms with Gasteiger partial charge in [0.1, 0.15) is 5.69 Å². The van der Waals surface area contributed by atoms with E-state index in [9.17, 15) is 13.2 Å². The zero-order chi connectivity index (χ0) is 21.5. The van der Waals surface area contributed by atoms with Crippen LogP contribution in [0.1, 0.15) is 35.3 Å². The molecular formula is C23H23ClN2O3S. The second-order valence-corrected chi connectivity index (χ2v) is 9.87. The lowest BCUT2D eigenvalue weighted by molar-refractivity contribution is 0.0969. The Morgan fingerprint density at radius 3 is 2.33 bits per heavy atom. The van der Waals surface area contributed by atoms with Gasteiger partial charge in [0.15, 0.2) is 5.78 Å². The Morgan fingerprint density at radius 2 is 1.73 bits per heavy atom. The highest BCUT2D eigenvalue weighted by atomic mass is 35.5. The normalized spacial score (nSPS) is 14.0. The zero-order valence-corrected chi connectivity index (χ0v) is 18.4. The van der Waals surface area contributed by atoms with E-state index in [1.54, 1.807) is 41.9 Å². The van der Waals surface area contributed by atoms with Gasteiger partial charge in [-0.05, 0) is 61.1 Å². The Morgan fingerprint density at radius 1 is 1.10 bits per heavy atom. The predicted octanol–water partition coefficient (Wildman–Crippen LogP) is 5.44. The Hall–Kier alpha value is -2.57. The van der Waals surface area contributed by atoms with Crippen LogP contribution in [0.3, 0.4) is 0 Å². The topological polar surface area (TPSA) is 68.2 Å². The minimum atomic E-state index is -3.83. The van der Waals surface area contributed by atoms with Crippen LogP contribution in [-0.4, -0.2) is 18.8 Å². The molecule has 4 rings (SSSR count). The Bertz CT molecular complexity index is 1200. The molecule has 2 aromatic carbocycles. The lowest BCUT2D eigenvalue weighted by atomic mass is 10.1. The summed E-state index contributed by atoms with van der Waals surface area (Å²) in [5.41, 5.74) is 3.10. The largest absolute Gasteiger partial charge is 0.339 e. The quantitative estimate of drug-likeness (QED) is 0.495. The molecule has 5 nitrogen and oxygen atoms in total. The number of rotatable bonds is 7. The molecule has 1 aliphatic rings. The van der Waals surface area contributed by atoms with Gasteiger partial charge in [-0.3, -0.25) is 9.52 Å². The number of carbonyl (C=O) groups excluding carboxylic acids is 1. The molecule has 156 valence electrons. The van der Waals surface area contributed by atoms with Crippen molar-refractivity contribution in [2.75, 3.05) is 4.72 Å². The standard InChI is InChI=1S/C23H23ClN2O3S/c1-15-21(25-30(28,29)19-6-4-3-5-7-19)23(20(27)14-16-8-9-16)26(2)22(15)17-10-12-18(24)13-11-17/h3-7,10-13,16,25H,8-9,14H2,1-2H3. The second-order valence-electron chi connectivity index (χ2n) is 7.75. The number of aromatic nitrogens is 1. The fourth-order valence-corrected chi connectivity index (χ4v) is 5.05. The van der Waals surface area contributed by atoms with Gasteiger partial charge in [0, 0.05) is 18.5 Å². The molecule has 1 saturated carbocycles. The van der Waals surface area contributed by atoms with Gasteiger partial charge in [0.25, 0.3) is 10.0 Å². The maximum absolute atomic E-state index is 13.1. The summed E-state index contributed by atoms with van der Waals surface area (Å²) in [6.07, 6.45) is 2.52. The van der Waals surface area contributed by atoms with Crippen molar-refractivity contribution in [2.24, 2.45) is 13.0 Å². The summed E-state index contributed by atoms with van der Waals surface area (Å²) in [5, 5.41) is 0.612. The van der Waals surface area contributed by atoms with Crippen molar-refractivity contribution in [3.8, 4) is 11.3 Å². The molecule has 0 spiro atoms. The summed E-state index contributed by atoms with van der Waals surface area (Å²) in [7, 11) is -2.03. The number of ketones is 1. The van der Waals surface area contributed by atoms with E-state index in [4.69, 9.17) is 11.6 Å². The molecule has 1 heterocycles. The highest BCUT2D eigenvalue weighted by Gasteiger charge is 2.31. The molecule has 0 bridgehead atoms. The molecule has 0 amide bonds. The molecule has 30 heavy (non-hydrogen) atoms. The molecule has 1 aromatic heterocycles. The summed E-state index contributed by atoms with van der Waals surface area (Å²) >= 11 is 6.03. The van der Waals surface area contributed by atoms with Crippen LogP contribution in [-0.2, 0) is 17.1 Å². The van der Waals surface area contributed by atoms with E-state index >= 15 is 0 Å². The van der Waals surface area contributed by atoms with Crippen LogP contribution in [0.4, 0.5) is 5.69 Å². The SMILES string of the molecule is Cc1c(NS(=O)(=O)c2ccccc2)c(C(=O)CC2CC2)n(C)c1-c1ccc(Cl)cc1. The van der Waals surface area contributed by atoms with Crippen LogP contribution in [0.15, 0.2) is 59.5 Å². The number of hydrogen-bond acceptors (Lipinski definition) is 3. The summed E-state index contributed by atoms with van der Waals surface area (Å²) in [6, 6.07) is 15.5. The molecular weight excluding hydrogens is 420 g/mol. The van der Waals surface area contributed by atoms with Crippen molar-refractivity contribution in [1.82, 2.24) is 4.57 Å². The molecule has 1 N–H and O–H groups in total. The molecule has 0 unspecified atom stereocenters. The first-order valence-electron chi connectivity index (χ1n) is 9.84. The first-order chi connectivity index (χ1) is 14.3. The van der Waals surface area contributed by atoms with Gasteiger partial charge in [-0.2, -0.15) is 0 Å². The molecule has 0 atom stereocenters. The monoisotopic (exact) mass is 442 g/mol. The van der Waals surface area contributed by atoms with Crippen molar-refractivity contribution < 1.29 is 13.2 Å². The van der Waals surface area contributed by atoms with Crippen LogP contribution in [0.25, 0.3) is 11.3 Å². The second kappa shape index (κ2) is 7.93. The van der Waals surface area contributed by atoms with Gasteiger partial charge in [0.2, 0.25) is 0 Å². The number of sulfonamides is 1. The number of nitrogens with zero attached hydrogens (tertiary/aromatic N) is 1. The number of hydrogen-bond donors (Lipinski definition) is 1. The average Bonchev–Trinajstić information content (AvgIpc) is 3.49. The van der Waals surface area contributed by atoms with Gasteiger partial charge in [-0.15, -0.1) is 0 Å². The van der Waals surface area contributed by atoms with E-state index in [1.165, 1.54) is 12.1 Å². The third kappa shape index (κ3) is 4.02. The highest BCUT2D eigenvalue weighted by Crippen LogP contribution is 2.39. The van der Waals surface area contributed by atoms with Crippen molar-refractivity contribution in [1.29, 1.82) is 0 Å². The van der Waals surface area contributed by atoms with Gasteiger partial charge < -0.3 is 4.57 Å². The van der Waals surface area contributed by atoms with E-state index in [0.29, 0.717) is 34.3 Å². The fraction of sp³-hybridized carbons (Fsp3) is 0.261. The van der Waals surface area contributed by atoms with Crippen molar-refractivity contribution in [3.63, 3.8) is 0 Å². The van der Waals surface area contributed by atoms with Crippen molar-refractivity contribution in [2.45, 2.75) is 31.1 Å². The van der Waals surface area contributed by atoms with Crippen LogP contribution >= 0.6 is 11.6 Å². The number of halogens is 1. The molecule has 0 aliphatic heterocycles. The van der Waals surface area contributed by atoms with E-state index in [2.05, 4.69) is 4.72 Å². The third-order valence-corrected chi connectivity index (χ3v) is 7.10. The third-order valence-electron chi connectivity index (χ3n) is 5.48. The molecule has 1 aliphatic carbocycles. The molecule has 0 saturated heterocycles. The minimum Gasteiger partial charge on any atom is -0.339 e. The lowest BCUT2D eigenvalue weighted by Gasteiger charge is -2.11. The minimum absolute atomic E-state index is 0.0472. The zero-order valence-electron chi connectivity index (χ0n) is 16.9. The van der Waals surface area contributed by atoms with Gasteiger partial charge in [-0.1, -0.05) is 41.9 Å². The highest BCUT2D eigenvalue weighted by molar-refractivity contribution is 7.92. The number of Topliss-reactive ketones (excluding diaryl/α,β-unsaturated/α-hetero) is 1. The first-order valence-corrected chi connectivity index (χ1v) is 11.7. The average molecular weight is 443 g/mol. The Balaban J connectivity index is 1.84. The van der Waals surface area contributed by atoms with E-state index in [-0.39, 0.29) is 10.7 Å². The van der Waals surface area contributed by atoms with E-state index in [0.717, 1.165) is 24.1 Å². The summed E-state index contributed by atoms with van der Waals surface area (Å²) in [6.45, 7) is 1.83. The number of carbonyl (C=O) groups is 1. The molecule has 0 radical (unpaired) electrons. The molecule has 3 aromatic rings. The summed E-state index contributed by atoms with van der Waals surface area (Å²) < 4.78 is 30.5. The van der Waals surface area contributed by atoms with Crippen LogP contribution in [0.5, 0.6) is 0 Å². The fourth-order valence-electron chi connectivity index (χ4n) is 3.77. The van der Waals surface area contributed by atoms with Crippen LogP contribution in [0.2, 0.25) is 5.02 Å². The smallest absolute Gasteiger partial charge is 0.261 e. The number of anilines is 1.